The van der Waals surface area contributed by atoms with Crippen molar-refractivity contribution in [3.63, 3.8) is 0 Å². The quantitative estimate of drug-likeness (QED) is 0.729. The number of nitrogens with zero attached hydrogens (tertiary/aromatic N) is 6. The minimum Gasteiger partial charge on any atom is -0.451 e. The molecule has 1 amide bonds. The number of likely N-dealkylation sites (tertiary alicyclic amines) is 1. The summed E-state index contributed by atoms with van der Waals surface area (Å²) < 4.78 is 9.36. The van der Waals surface area contributed by atoms with Crippen molar-refractivity contribution in [2.75, 3.05) is 13.1 Å². The van der Waals surface area contributed by atoms with Gasteiger partial charge in [0.2, 0.25) is 0 Å². The van der Waals surface area contributed by atoms with E-state index in [2.05, 4.69) is 15.4 Å². The molecule has 0 N–H and O–H groups in total. The molecule has 4 rings (SSSR count). The number of carbonyl (C=O) groups is 1. The topological polar surface area (TPSA) is 82.0 Å². The summed E-state index contributed by atoms with van der Waals surface area (Å²) in [6.07, 6.45) is 9.96. The molecule has 3 aromatic heterocycles. The molecular formula is C17H20N6O2. The Labute approximate surface area is 145 Å². The second kappa shape index (κ2) is 6.54. The van der Waals surface area contributed by atoms with Crippen LogP contribution >= 0.6 is 0 Å². The van der Waals surface area contributed by atoms with Gasteiger partial charge in [-0.1, -0.05) is 5.21 Å². The van der Waals surface area contributed by atoms with Crippen LogP contribution in [0.25, 0.3) is 11.3 Å². The molecule has 25 heavy (non-hydrogen) atoms. The van der Waals surface area contributed by atoms with Crippen LogP contribution in [0, 0.1) is 0 Å². The van der Waals surface area contributed by atoms with Crippen LogP contribution < -0.4 is 0 Å². The van der Waals surface area contributed by atoms with E-state index in [4.69, 9.17) is 4.42 Å². The highest BCUT2D eigenvalue weighted by Crippen LogP contribution is 2.25. The second-order valence-corrected chi connectivity index (χ2v) is 6.33. The molecule has 4 heterocycles. The zero-order valence-electron chi connectivity index (χ0n) is 14.1. The van der Waals surface area contributed by atoms with Gasteiger partial charge >= 0.3 is 0 Å². The molecular weight excluding hydrogens is 320 g/mol. The molecule has 3 aromatic rings. The number of hydrogen-bond donors (Lipinski definition) is 0. The molecule has 1 aliphatic heterocycles. The summed E-state index contributed by atoms with van der Waals surface area (Å²) in [4.78, 5) is 14.6. The van der Waals surface area contributed by atoms with Crippen molar-refractivity contribution in [1.29, 1.82) is 0 Å². The molecule has 0 saturated carbocycles. The standard InChI is InChI=1S/C17H20N6O2/c1-21-12-13(11-19-21)15-4-5-16(25-15)17(24)22-8-2-3-14(6-9-22)23-10-7-18-20-23/h4-5,7,10-12,14H,2-3,6,8-9H2,1H3. The monoisotopic (exact) mass is 340 g/mol. The summed E-state index contributed by atoms with van der Waals surface area (Å²) in [5.74, 6) is 0.971. The van der Waals surface area contributed by atoms with Gasteiger partial charge in [0.05, 0.1) is 24.0 Å². The van der Waals surface area contributed by atoms with Crippen molar-refractivity contribution >= 4 is 5.91 Å². The highest BCUT2D eigenvalue weighted by molar-refractivity contribution is 5.92. The van der Waals surface area contributed by atoms with E-state index in [9.17, 15) is 4.79 Å². The Hall–Kier alpha value is -2.90. The van der Waals surface area contributed by atoms with Crippen molar-refractivity contribution in [3.8, 4) is 11.3 Å². The first-order valence-corrected chi connectivity index (χ1v) is 8.44. The molecule has 0 spiro atoms. The van der Waals surface area contributed by atoms with Gasteiger partial charge < -0.3 is 9.32 Å². The zero-order valence-corrected chi connectivity index (χ0v) is 14.1. The van der Waals surface area contributed by atoms with Gasteiger partial charge in [-0.25, -0.2) is 4.68 Å². The van der Waals surface area contributed by atoms with Crippen LogP contribution in [0.3, 0.4) is 0 Å². The number of rotatable bonds is 3. The van der Waals surface area contributed by atoms with Gasteiger partial charge in [-0.15, -0.1) is 5.10 Å². The van der Waals surface area contributed by atoms with Crippen LogP contribution in [-0.2, 0) is 7.05 Å². The summed E-state index contributed by atoms with van der Waals surface area (Å²) in [6.45, 7) is 1.42. The lowest BCUT2D eigenvalue weighted by atomic mass is 10.1. The van der Waals surface area contributed by atoms with E-state index in [1.807, 2.05) is 35.1 Å². The molecule has 0 aromatic carbocycles. The smallest absolute Gasteiger partial charge is 0.289 e. The maximum atomic E-state index is 12.8. The van der Waals surface area contributed by atoms with E-state index >= 15 is 0 Å². The van der Waals surface area contributed by atoms with Crippen molar-refractivity contribution in [3.05, 3.63) is 42.7 Å². The molecule has 130 valence electrons. The summed E-state index contributed by atoms with van der Waals surface area (Å²) in [5, 5.41) is 12.1. The van der Waals surface area contributed by atoms with Crippen LogP contribution in [0.1, 0.15) is 35.9 Å². The molecule has 1 aliphatic rings. The van der Waals surface area contributed by atoms with Gasteiger partial charge in [0, 0.05) is 32.5 Å². The van der Waals surface area contributed by atoms with E-state index in [-0.39, 0.29) is 5.91 Å². The molecule has 1 saturated heterocycles. The predicted octanol–water partition coefficient (Wildman–Crippen LogP) is 2.14. The fourth-order valence-corrected chi connectivity index (χ4v) is 3.27. The van der Waals surface area contributed by atoms with Gasteiger partial charge in [-0.3, -0.25) is 9.48 Å². The Balaban J connectivity index is 1.45. The Kier molecular flexibility index (Phi) is 4.09. The first kappa shape index (κ1) is 15.6. The number of aromatic nitrogens is 5. The fourth-order valence-electron chi connectivity index (χ4n) is 3.27. The van der Waals surface area contributed by atoms with Crippen LogP contribution in [0.4, 0.5) is 0 Å². The SMILES string of the molecule is Cn1cc(-c2ccc(C(=O)N3CCCC(n4ccnn4)CC3)o2)cn1. The van der Waals surface area contributed by atoms with Crippen LogP contribution in [0.5, 0.6) is 0 Å². The predicted molar refractivity (Wildman–Crippen MR) is 89.7 cm³/mol. The van der Waals surface area contributed by atoms with E-state index in [0.717, 1.165) is 31.4 Å². The van der Waals surface area contributed by atoms with Gasteiger partial charge in [0.25, 0.3) is 5.91 Å². The third-order valence-corrected chi connectivity index (χ3v) is 4.61. The van der Waals surface area contributed by atoms with Crippen LogP contribution in [0.15, 0.2) is 41.3 Å². The first-order valence-electron chi connectivity index (χ1n) is 8.44. The third-order valence-electron chi connectivity index (χ3n) is 4.61. The molecule has 1 unspecified atom stereocenters. The normalized spacial score (nSPS) is 18.3. The van der Waals surface area contributed by atoms with Gasteiger partial charge in [-0.2, -0.15) is 5.10 Å². The Bertz CT molecular complexity index is 850. The van der Waals surface area contributed by atoms with E-state index in [1.54, 1.807) is 23.1 Å². The maximum absolute atomic E-state index is 12.8. The highest BCUT2D eigenvalue weighted by Gasteiger charge is 2.24. The summed E-state index contributed by atoms with van der Waals surface area (Å²) in [5.41, 5.74) is 0.865. The van der Waals surface area contributed by atoms with E-state index in [0.29, 0.717) is 24.1 Å². The lowest BCUT2D eigenvalue weighted by Crippen LogP contribution is -2.31. The Morgan fingerprint density at radius 2 is 2.20 bits per heavy atom. The van der Waals surface area contributed by atoms with Gasteiger partial charge in [0.1, 0.15) is 5.76 Å². The van der Waals surface area contributed by atoms with E-state index in [1.165, 1.54) is 0 Å². The first-order chi connectivity index (χ1) is 12.2. The van der Waals surface area contributed by atoms with Crippen molar-refractivity contribution < 1.29 is 9.21 Å². The fraction of sp³-hybridized carbons (Fsp3) is 0.412. The molecule has 0 radical (unpaired) electrons. The Morgan fingerprint density at radius 1 is 1.28 bits per heavy atom. The van der Waals surface area contributed by atoms with Crippen molar-refractivity contribution in [2.24, 2.45) is 7.05 Å². The molecule has 1 atom stereocenters. The second-order valence-electron chi connectivity index (χ2n) is 6.33. The highest BCUT2D eigenvalue weighted by atomic mass is 16.4. The summed E-state index contributed by atoms with van der Waals surface area (Å²) >= 11 is 0. The van der Waals surface area contributed by atoms with Gasteiger partial charge in [-0.05, 0) is 31.4 Å². The maximum Gasteiger partial charge on any atom is 0.289 e. The number of carbonyl (C=O) groups excluding carboxylic acids is 1. The van der Waals surface area contributed by atoms with Gasteiger partial charge in [0.15, 0.2) is 5.76 Å². The largest absolute Gasteiger partial charge is 0.451 e. The molecule has 0 bridgehead atoms. The molecule has 0 aliphatic carbocycles. The molecule has 8 heteroatoms. The number of hydrogen-bond acceptors (Lipinski definition) is 5. The van der Waals surface area contributed by atoms with Crippen LogP contribution in [-0.4, -0.2) is 48.7 Å². The summed E-state index contributed by atoms with van der Waals surface area (Å²) in [6, 6.07) is 3.85. The van der Waals surface area contributed by atoms with E-state index < -0.39 is 0 Å². The minimum absolute atomic E-state index is 0.0608. The molecule has 1 fully saturated rings. The minimum atomic E-state index is -0.0608. The third kappa shape index (κ3) is 3.19. The average molecular weight is 340 g/mol. The molecule has 8 nitrogen and oxygen atoms in total. The lowest BCUT2D eigenvalue weighted by Gasteiger charge is -2.19. The van der Waals surface area contributed by atoms with Crippen molar-refractivity contribution in [1.82, 2.24) is 29.7 Å². The number of aryl methyl sites for hydroxylation is 1. The number of furan rings is 1. The zero-order chi connectivity index (χ0) is 17.2. The lowest BCUT2D eigenvalue weighted by molar-refractivity contribution is 0.0729. The average Bonchev–Trinajstić information content (AvgIpc) is 3.34. The Morgan fingerprint density at radius 3 is 2.96 bits per heavy atom. The van der Waals surface area contributed by atoms with Crippen molar-refractivity contribution in [2.45, 2.75) is 25.3 Å². The van der Waals surface area contributed by atoms with Crippen LogP contribution in [0.2, 0.25) is 0 Å². The summed E-state index contributed by atoms with van der Waals surface area (Å²) in [7, 11) is 1.85. The number of amides is 1.